The van der Waals surface area contributed by atoms with E-state index in [1.54, 1.807) is 0 Å². The quantitative estimate of drug-likeness (QED) is 0.839. The molecule has 0 bridgehead atoms. The van der Waals surface area contributed by atoms with E-state index in [-0.39, 0.29) is 0 Å². The molecule has 18 heavy (non-hydrogen) atoms. The maximum Gasteiger partial charge on any atom is 0.0322 e. The Bertz CT molecular complexity index is 377. The van der Waals surface area contributed by atoms with Crippen LogP contribution >= 0.6 is 22.6 Å². The van der Waals surface area contributed by atoms with Crippen molar-refractivity contribution in [1.29, 1.82) is 0 Å². The van der Waals surface area contributed by atoms with Gasteiger partial charge in [-0.25, -0.2) is 0 Å². The van der Waals surface area contributed by atoms with Crippen molar-refractivity contribution >= 4 is 22.6 Å². The Hall–Kier alpha value is -0.130. The number of nitrogens with two attached hydrogens (primary N) is 1. The fourth-order valence-electron chi connectivity index (χ4n) is 2.88. The van der Waals surface area contributed by atoms with Gasteiger partial charge in [0.1, 0.15) is 0 Å². The zero-order valence-corrected chi connectivity index (χ0v) is 13.4. The zero-order chi connectivity index (χ0) is 13.1. The average molecular weight is 358 g/mol. The minimum Gasteiger partial charge on any atom is -0.330 e. The molecule has 100 valence electrons. The van der Waals surface area contributed by atoms with Gasteiger partial charge in [-0.2, -0.15) is 0 Å². The van der Waals surface area contributed by atoms with Crippen molar-refractivity contribution < 1.29 is 0 Å². The Morgan fingerprint density at radius 1 is 1.33 bits per heavy atom. The number of nitrogens with zero attached hydrogens (tertiary/aromatic N) is 1. The number of benzene rings is 1. The molecule has 3 heteroatoms. The molecule has 3 unspecified atom stereocenters. The molecule has 0 radical (unpaired) electrons. The molecule has 0 spiro atoms. The Morgan fingerprint density at radius 2 is 2.00 bits per heavy atom. The molecule has 0 aliphatic carbocycles. The molecule has 2 nitrogen and oxygen atoms in total. The first-order valence-corrected chi connectivity index (χ1v) is 7.91. The van der Waals surface area contributed by atoms with Gasteiger partial charge in [0.15, 0.2) is 0 Å². The normalized spacial score (nSPS) is 27.1. The Morgan fingerprint density at radius 3 is 2.61 bits per heavy atom. The van der Waals surface area contributed by atoms with Crippen LogP contribution in [0.25, 0.3) is 0 Å². The van der Waals surface area contributed by atoms with Gasteiger partial charge in [-0.1, -0.05) is 12.1 Å². The van der Waals surface area contributed by atoms with Gasteiger partial charge in [-0.3, -0.25) is 4.90 Å². The van der Waals surface area contributed by atoms with E-state index in [1.165, 1.54) is 22.0 Å². The Kier molecular flexibility index (Phi) is 5.04. The predicted octanol–water partition coefficient (Wildman–Crippen LogP) is 3.41. The van der Waals surface area contributed by atoms with Crippen LogP contribution in [0.3, 0.4) is 0 Å². The maximum atomic E-state index is 5.84. The molecule has 0 saturated carbocycles. The first-order chi connectivity index (χ1) is 8.61. The SMILES string of the molecule is CC1CCC(CN)CN1C(C)c1ccc(I)cc1. The lowest BCUT2D eigenvalue weighted by molar-refractivity contribution is 0.0812. The summed E-state index contributed by atoms with van der Waals surface area (Å²) in [5.74, 6) is 0.674. The van der Waals surface area contributed by atoms with Crippen molar-refractivity contribution in [2.75, 3.05) is 13.1 Å². The predicted molar refractivity (Wildman–Crippen MR) is 85.5 cm³/mol. The number of hydrogen-bond acceptors (Lipinski definition) is 2. The molecule has 1 aromatic rings. The van der Waals surface area contributed by atoms with Gasteiger partial charge in [0.2, 0.25) is 0 Å². The highest BCUT2D eigenvalue weighted by atomic mass is 127. The highest BCUT2D eigenvalue weighted by Gasteiger charge is 2.28. The third kappa shape index (κ3) is 3.25. The number of likely N-dealkylation sites (tertiary alicyclic amines) is 1. The van der Waals surface area contributed by atoms with Crippen molar-refractivity contribution in [3.05, 3.63) is 33.4 Å². The average Bonchev–Trinajstić information content (AvgIpc) is 2.39. The monoisotopic (exact) mass is 358 g/mol. The largest absolute Gasteiger partial charge is 0.330 e. The lowest BCUT2D eigenvalue weighted by Crippen LogP contribution is -2.44. The molecule has 1 aromatic carbocycles. The lowest BCUT2D eigenvalue weighted by Gasteiger charge is -2.41. The van der Waals surface area contributed by atoms with Gasteiger partial charge in [0.25, 0.3) is 0 Å². The van der Waals surface area contributed by atoms with E-state index >= 15 is 0 Å². The van der Waals surface area contributed by atoms with Crippen molar-refractivity contribution in [2.24, 2.45) is 11.7 Å². The summed E-state index contributed by atoms with van der Waals surface area (Å²) in [7, 11) is 0. The molecular formula is C15H23IN2. The summed E-state index contributed by atoms with van der Waals surface area (Å²) in [6.45, 7) is 6.63. The van der Waals surface area contributed by atoms with Crippen LogP contribution in [-0.2, 0) is 0 Å². The molecule has 1 aliphatic rings. The minimum absolute atomic E-state index is 0.492. The smallest absolute Gasteiger partial charge is 0.0322 e. The topological polar surface area (TPSA) is 29.3 Å². The van der Waals surface area contributed by atoms with Gasteiger partial charge in [0.05, 0.1) is 0 Å². The molecular weight excluding hydrogens is 335 g/mol. The molecule has 1 saturated heterocycles. The Balaban J connectivity index is 2.11. The summed E-state index contributed by atoms with van der Waals surface area (Å²) < 4.78 is 1.30. The maximum absolute atomic E-state index is 5.84. The van der Waals surface area contributed by atoms with E-state index in [0.29, 0.717) is 18.0 Å². The molecule has 1 fully saturated rings. The summed E-state index contributed by atoms with van der Waals surface area (Å²) in [4.78, 5) is 2.61. The third-order valence-electron chi connectivity index (χ3n) is 4.21. The van der Waals surface area contributed by atoms with Crippen molar-refractivity contribution in [3.8, 4) is 0 Å². The fraction of sp³-hybridized carbons (Fsp3) is 0.600. The number of hydrogen-bond donors (Lipinski definition) is 1. The highest BCUT2D eigenvalue weighted by Crippen LogP contribution is 2.30. The highest BCUT2D eigenvalue weighted by molar-refractivity contribution is 14.1. The van der Waals surface area contributed by atoms with Crippen molar-refractivity contribution in [3.63, 3.8) is 0 Å². The van der Waals surface area contributed by atoms with Gasteiger partial charge in [-0.15, -0.1) is 0 Å². The standard InChI is InChI=1S/C15H23IN2/c1-11-3-4-13(9-17)10-18(11)12(2)14-5-7-15(16)8-6-14/h5-8,11-13H,3-4,9-10,17H2,1-2H3. The number of halogens is 1. The second-order valence-corrected chi connectivity index (χ2v) is 6.70. The van der Waals surface area contributed by atoms with E-state index < -0.39 is 0 Å². The van der Waals surface area contributed by atoms with Gasteiger partial charge >= 0.3 is 0 Å². The Labute approximate surface area is 124 Å². The minimum atomic E-state index is 0.492. The second-order valence-electron chi connectivity index (χ2n) is 5.45. The van der Waals surface area contributed by atoms with Gasteiger partial charge < -0.3 is 5.73 Å². The lowest BCUT2D eigenvalue weighted by atomic mass is 9.91. The van der Waals surface area contributed by atoms with Crippen LogP contribution in [0, 0.1) is 9.49 Å². The third-order valence-corrected chi connectivity index (χ3v) is 4.93. The van der Waals surface area contributed by atoms with E-state index in [0.717, 1.165) is 13.1 Å². The molecule has 2 N–H and O–H groups in total. The molecule has 0 amide bonds. The molecule has 0 aromatic heterocycles. The fourth-order valence-corrected chi connectivity index (χ4v) is 3.24. The van der Waals surface area contributed by atoms with Crippen LogP contribution in [-0.4, -0.2) is 24.0 Å². The molecule has 3 atom stereocenters. The van der Waals surface area contributed by atoms with Crippen LogP contribution in [0.1, 0.15) is 38.3 Å². The van der Waals surface area contributed by atoms with Gasteiger partial charge in [0, 0.05) is 22.2 Å². The summed E-state index contributed by atoms with van der Waals surface area (Å²) in [6, 6.07) is 10.1. The number of piperidine rings is 1. The summed E-state index contributed by atoms with van der Waals surface area (Å²) in [5, 5.41) is 0. The first kappa shape index (κ1) is 14.3. The van der Waals surface area contributed by atoms with Crippen LogP contribution in [0.2, 0.25) is 0 Å². The van der Waals surface area contributed by atoms with Crippen LogP contribution < -0.4 is 5.73 Å². The van der Waals surface area contributed by atoms with E-state index in [2.05, 4.69) is 65.6 Å². The summed E-state index contributed by atoms with van der Waals surface area (Å²) in [6.07, 6.45) is 2.56. The van der Waals surface area contributed by atoms with E-state index in [1.807, 2.05) is 0 Å². The van der Waals surface area contributed by atoms with E-state index in [9.17, 15) is 0 Å². The molecule has 1 aliphatic heterocycles. The molecule has 2 rings (SSSR count). The van der Waals surface area contributed by atoms with Crippen molar-refractivity contribution in [1.82, 2.24) is 4.90 Å². The first-order valence-electron chi connectivity index (χ1n) is 6.83. The second kappa shape index (κ2) is 6.35. The van der Waals surface area contributed by atoms with Crippen molar-refractivity contribution in [2.45, 2.75) is 38.8 Å². The van der Waals surface area contributed by atoms with Gasteiger partial charge in [-0.05, 0) is 79.4 Å². The number of rotatable bonds is 3. The zero-order valence-electron chi connectivity index (χ0n) is 11.3. The van der Waals surface area contributed by atoms with Crippen LogP contribution in [0.5, 0.6) is 0 Å². The molecule has 1 heterocycles. The van der Waals surface area contributed by atoms with E-state index in [4.69, 9.17) is 5.73 Å². The summed E-state index contributed by atoms with van der Waals surface area (Å²) in [5.41, 5.74) is 7.26. The summed E-state index contributed by atoms with van der Waals surface area (Å²) >= 11 is 2.36. The van der Waals surface area contributed by atoms with Crippen LogP contribution in [0.4, 0.5) is 0 Å². The van der Waals surface area contributed by atoms with Crippen LogP contribution in [0.15, 0.2) is 24.3 Å².